The Morgan fingerprint density at radius 2 is 0.800 bits per heavy atom. The minimum atomic E-state index is -2.48. The second kappa shape index (κ2) is 6.47. The predicted molar refractivity (Wildman–Crippen MR) is 114 cm³/mol. The molecule has 1 aliphatic heterocycles. The Kier molecular flexibility index (Phi) is 4.79. The Morgan fingerprint density at radius 1 is 0.520 bits per heavy atom. The van der Waals surface area contributed by atoms with Gasteiger partial charge >= 0.3 is 157 Å². The predicted octanol–water partition coefficient (Wildman–Crippen LogP) is 5.45. The van der Waals surface area contributed by atoms with Gasteiger partial charge in [-0.2, -0.15) is 0 Å². The van der Waals surface area contributed by atoms with Crippen LogP contribution in [0.3, 0.4) is 0 Å². The molecule has 0 spiro atoms. The third kappa shape index (κ3) is 3.03. The molecule has 132 valence electrons. The normalized spacial score (nSPS) is 16.6. The van der Waals surface area contributed by atoms with Crippen LogP contribution >= 0.6 is 0 Å². The standard InChI is InChI=1S/C24H32Ge/c1-15-9-17(3)23(18(4)10-15)25(13-21(7)22(8)14-25)24-19(5)11-16(2)12-20(24)6/h9-12H,13-14H2,1-8H3. The molecule has 1 aliphatic rings. The van der Waals surface area contributed by atoms with Crippen molar-refractivity contribution < 1.29 is 0 Å². The van der Waals surface area contributed by atoms with Crippen molar-refractivity contribution in [2.45, 2.75) is 65.9 Å². The van der Waals surface area contributed by atoms with Crippen molar-refractivity contribution in [3.8, 4) is 0 Å². The summed E-state index contributed by atoms with van der Waals surface area (Å²) < 4.78 is 3.49. The quantitative estimate of drug-likeness (QED) is 0.470. The Bertz CT molecular complexity index is 763. The monoisotopic (exact) mass is 394 g/mol. The molecule has 0 fully saturated rings. The average molecular weight is 393 g/mol. The van der Waals surface area contributed by atoms with Crippen molar-refractivity contribution in [2.24, 2.45) is 0 Å². The van der Waals surface area contributed by atoms with E-state index in [1.807, 2.05) is 0 Å². The molecule has 25 heavy (non-hydrogen) atoms. The molecule has 0 radical (unpaired) electrons. The molecule has 0 atom stereocenters. The fourth-order valence-electron chi connectivity index (χ4n) is 5.62. The van der Waals surface area contributed by atoms with Gasteiger partial charge in [0.05, 0.1) is 0 Å². The third-order valence-electron chi connectivity index (χ3n) is 6.17. The van der Waals surface area contributed by atoms with Crippen LogP contribution in [0.15, 0.2) is 35.4 Å². The molecule has 0 aromatic heterocycles. The van der Waals surface area contributed by atoms with Gasteiger partial charge in [-0.1, -0.05) is 0 Å². The second-order valence-corrected chi connectivity index (χ2v) is 16.7. The van der Waals surface area contributed by atoms with Gasteiger partial charge in [-0.05, 0) is 0 Å². The van der Waals surface area contributed by atoms with Gasteiger partial charge in [0.15, 0.2) is 0 Å². The van der Waals surface area contributed by atoms with Crippen LogP contribution in [-0.4, -0.2) is 13.3 Å². The molecule has 2 aromatic carbocycles. The maximum atomic E-state index is 2.41. The number of benzene rings is 2. The van der Waals surface area contributed by atoms with Crippen molar-refractivity contribution in [1.29, 1.82) is 0 Å². The second-order valence-electron chi connectivity index (χ2n) is 8.54. The van der Waals surface area contributed by atoms with E-state index in [1.54, 1.807) is 19.9 Å². The van der Waals surface area contributed by atoms with Crippen LogP contribution in [0.2, 0.25) is 10.5 Å². The molecule has 0 amide bonds. The molecular weight excluding hydrogens is 361 g/mol. The average Bonchev–Trinajstić information content (AvgIpc) is 2.72. The molecule has 1 heterocycles. The summed E-state index contributed by atoms with van der Waals surface area (Å²) in [6, 6.07) is 9.66. The summed E-state index contributed by atoms with van der Waals surface area (Å²) in [5.41, 5.74) is 12.2. The Hall–Kier alpha value is -1.28. The summed E-state index contributed by atoms with van der Waals surface area (Å²) in [5.74, 6) is 0. The van der Waals surface area contributed by atoms with Crippen molar-refractivity contribution >= 4 is 22.1 Å². The molecule has 3 rings (SSSR count). The molecule has 0 nitrogen and oxygen atoms in total. The first kappa shape index (κ1) is 18.5. The molecule has 0 saturated carbocycles. The van der Waals surface area contributed by atoms with E-state index >= 15 is 0 Å². The molecule has 1 heteroatoms. The zero-order valence-corrected chi connectivity index (χ0v) is 19.3. The molecular formula is C24H32Ge. The molecule has 0 N–H and O–H groups in total. The zero-order valence-electron chi connectivity index (χ0n) is 17.2. The first-order valence-electron chi connectivity index (χ1n) is 9.47. The summed E-state index contributed by atoms with van der Waals surface area (Å²) in [5, 5.41) is 2.67. The Labute approximate surface area is 156 Å². The van der Waals surface area contributed by atoms with Gasteiger partial charge in [-0.3, -0.25) is 0 Å². The van der Waals surface area contributed by atoms with E-state index in [1.165, 1.54) is 43.9 Å². The van der Waals surface area contributed by atoms with Crippen molar-refractivity contribution in [3.63, 3.8) is 0 Å². The van der Waals surface area contributed by atoms with Crippen molar-refractivity contribution in [3.05, 3.63) is 68.8 Å². The third-order valence-corrected chi connectivity index (χ3v) is 18.3. The van der Waals surface area contributed by atoms with E-state index in [2.05, 4.69) is 79.7 Å². The van der Waals surface area contributed by atoms with Gasteiger partial charge < -0.3 is 0 Å². The van der Waals surface area contributed by atoms with E-state index in [0.29, 0.717) is 0 Å². The van der Waals surface area contributed by atoms with Crippen molar-refractivity contribution in [1.82, 2.24) is 0 Å². The number of aryl methyl sites for hydroxylation is 6. The van der Waals surface area contributed by atoms with Gasteiger partial charge in [0.25, 0.3) is 0 Å². The summed E-state index contributed by atoms with van der Waals surface area (Å²) in [4.78, 5) is 0. The van der Waals surface area contributed by atoms with Crippen LogP contribution in [0.4, 0.5) is 0 Å². The summed E-state index contributed by atoms with van der Waals surface area (Å²) in [7, 11) is 0. The van der Waals surface area contributed by atoms with Crippen molar-refractivity contribution in [2.75, 3.05) is 0 Å². The van der Waals surface area contributed by atoms with Crippen LogP contribution in [0.25, 0.3) is 0 Å². The van der Waals surface area contributed by atoms with Gasteiger partial charge in [0.2, 0.25) is 0 Å². The fraction of sp³-hybridized carbons (Fsp3) is 0.417. The zero-order chi connectivity index (χ0) is 18.5. The minimum absolute atomic E-state index is 1.33. The van der Waals surface area contributed by atoms with E-state index in [0.717, 1.165) is 0 Å². The van der Waals surface area contributed by atoms with Gasteiger partial charge in [0, 0.05) is 0 Å². The maximum absolute atomic E-state index is 2.48. The molecule has 2 aromatic rings. The first-order chi connectivity index (χ1) is 11.7. The van der Waals surface area contributed by atoms with Gasteiger partial charge in [-0.15, -0.1) is 0 Å². The van der Waals surface area contributed by atoms with Crippen LogP contribution < -0.4 is 8.79 Å². The van der Waals surface area contributed by atoms with Crippen LogP contribution in [0, 0.1) is 41.5 Å². The molecule has 0 saturated heterocycles. The molecule has 0 aliphatic carbocycles. The summed E-state index contributed by atoms with van der Waals surface area (Å²) in [6.45, 7) is 18.6. The summed E-state index contributed by atoms with van der Waals surface area (Å²) >= 11 is -2.48. The SMILES string of the molecule is CC1=C(C)[CH2][Ge]([c]2c(C)cc(C)cc2C)([c]2c(C)cc(C)cc2C)[CH2]1. The summed E-state index contributed by atoms with van der Waals surface area (Å²) in [6.07, 6.45) is 0. The number of hydrogen-bond acceptors (Lipinski definition) is 0. The Morgan fingerprint density at radius 3 is 1.08 bits per heavy atom. The molecule has 0 unspecified atom stereocenters. The topological polar surface area (TPSA) is 0 Å². The number of hydrogen-bond donors (Lipinski definition) is 0. The number of allylic oxidation sites excluding steroid dienone is 2. The van der Waals surface area contributed by atoms with Crippen LogP contribution in [0.5, 0.6) is 0 Å². The number of rotatable bonds is 2. The van der Waals surface area contributed by atoms with E-state index in [9.17, 15) is 0 Å². The molecule has 0 bridgehead atoms. The van der Waals surface area contributed by atoms with Gasteiger partial charge in [-0.25, -0.2) is 0 Å². The Balaban J connectivity index is 2.36. The first-order valence-corrected chi connectivity index (χ1v) is 14.5. The van der Waals surface area contributed by atoms with Crippen LogP contribution in [0.1, 0.15) is 47.2 Å². The fourth-order valence-corrected chi connectivity index (χ4v) is 19.9. The van der Waals surface area contributed by atoms with E-state index in [-0.39, 0.29) is 0 Å². The van der Waals surface area contributed by atoms with E-state index in [4.69, 9.17) is 0 Å². The van der Waals surface area contributed by atoms with Gasteiger partial charge in [0.1, 0.15) is 0 Å². The van der Waals surface area contributed by atoms with E-state index < -0.39 is 13.3 Å². The van der Waals surface area contributed by atoms with Crippen LogP contribution in [-0.2, 0) is 0 Å².